The van der Waals surface area contributed by atoms with Gasteiger partial charge in [0.1, 0.15) is 18.1 Å². The molecule has 3 rings (SSSR count). The van der Waals surface area contributed by atoms with E-state index in [1.165, 1.54) is 0 Å². The van der Waals surface area contributed by atoms with Gasteiger partial charge in [-0.05, 0) is 61.9 Å². The van der Waals surface area contributed by atoms with Crippen LogP contribution in [0.3, 0.4) is 0 Å². The minimum atomic E-state index is -0.186. The number of rotatable bonds is 10. The predicted molar refractivity (Wildman–Crippen MR) is 117 cm³/mol. The third kappa shape index (κ3) is 7.52. The van der Waals surface area contributed by atoms with Crippen LogP contribution in [0.15, 0.2) is 48.5 Å². The lowest BCUT2D eigenvalue weighted by molar-refractivity contribution is -0.123. The highest BCUT2D eigenvalue weighted by molar-refractivity contribution is 6.30. The first-order chi connectivity index (χ1) is 14.6. The van der Waals surface area contributed by atoms with E-state index in [0.29, 0.717) is 30.0 Å². The van der Waals surface area contributed by atoms with Crippen LogP contribution in [0.4, 0.5) is 0 Å². The molecule has 1 saturated heterocycles. The second-order valence-electron chi connectivity index (χ2n) is 7.34. The first-order valence-electron chi connectivity index (χ1n) is 10.2. The summed E-state index contributed by atoms with van der Waals surface area (Å²) in [6.07, 6.45) is 2.15. The molecule has 0 spiro atoms. The van der Waals surface area contributed by atoms with Gasteiger partial charge in [0.25, 0.3) is 5.91 Å². The lowest BCUT2D eigenvalue weighted by Crippen LogP contribution is -2.38. The summed E-state index contributed by atoms with van der Waals surface area (Å²) in [5, 5.41) is 3.49. The Kier molecular flexibility index (Phi) is 8.81. The number of carbonyl (C=O) groups is 1. The van der Waals surface area contributed by atoms with Crippen molar-refractivity contribution in [3.63, 3.8) is 0 Å². The molecule has 0 aromatic heterocycles. The number of ether oxygens (including phenoxy) is 3. The SMILES string of the molecule is CN(CCOc1cccc(CNC(=O)COc2ccc(Cl)cc2)c1)C1CCOCC1. The number of hydrogen-bond acceptors (Lipinski definition) is 5. The molecule has 30 heavy (non-hydrogen) atoms. The normalized spacial score (nSPS) is 14.5. The lowest BCUT2D eigenvalue weighted by Gasteiger charge is -2.31. The quantitative estimate of drug-likeness (QED) is 0.622. The van der Waals surface area contributed by atoms with Gasteiger partial charge in [-0.25, -0.2) is 0 Å². The van der Waals surface area contributed by atoms with E-state index in [1.54, 1.807) is 24.3 Å². The van der Waals surface area contributed by atoms with Crippen LogP contribution in [0.25, 0.3) is 0 Å². The van der Waals surface area contributed by atoms with Gasteiger partial charge >= 0.3 is 0 Å². The molecule has 1 amide bonds. The van der Waals surface area contributed by atoms with Crippen LogP contribution in [0, 0.1) is 0 Å². The van der Waals surface area contributed by atoms with E-state index >= 15 is 0 Å². The van der Waals surface area contributed by atoms with Crippen molar-refractivity contribution in [1.82, 2.24) is 10.2 Å². The van der Waals surface area contributed by atoms with Crippen molar-refractivity contribution in [2.24, 2.45) is 0 Å². The Hall–Kier alpha value is -2.28. The average Bonchev–Trinajstić information content (AvgIpc) is 2.78. The molecule has 1 heterocycles. The molecule has 1 aliphatic rings. The summed E-state index contributed by atoms with van der Waals surface area (Å²) in [5.74, 6) is 1.23. The second-order valence-corrected chi connectivity index (χ2v) is 7.78. The van der Waals surface area contributed by atoms with E-state index in [1.807, 2.05) is 24.3 Å². The average molecular weight is 433 g/mol. The maximum absolute atomic E-state index is 12.0. The number of hydrogen-bond donors (Lipinski definition) is 1. The van der Waals surface area contributed by atoms with E-state index in [2.05, 4.69) is 17.3 Å². The minimum Gasteiger partial charge on any atom is -0.492 e. The molecule has 0 aliphatic carbocycles. The highest BCUT2D eigenvalue weighted by atomic mass is 35.5. The molecule has 0 radical (unpaired) electrons. The van der Waals surface area contributed by atoms with Crippen LogP contribution < -0.4 is 14.8 Å². The van der Waals surface area contributed by atoms with Crippen molar-refractivity contribution in [2.75, 3.05) is 40.0 Å². The smallest absolute Gasteiger partial charge is 0.258 e. The topological polar surface area (TPSA) is 60.0 Å². The van der Waals surface area contributed by atoms with Crippen LogP contribution in [0.1, 0.15) is 18.4 Å². The monoisotopic (exact) mass is 432 g/mol. The Bertz CT molecular complexity index is 794. The van der Waals surface area contributed by atoms with Crippen LogP contribution in [-0.4, -0.2) is 56.9 Å². The maximum atomic E-state index is 12.0. The highest BCUT2D eigenvalue weighted by Crippen LogP contribution is 2.16. The van der Waals surface area contributed by atoms with Crippen LogP contribution >= 0.6 is 11.6 Å². The van der Waals surface area contributed by atoms with Crippen molar-refractivity contribution in [3.8, 4) is 11.5 Å². The summed E-state index contributed by atoms with van der Waals surface area (Å²) >= 11 is 5.84. The first kappa shape index (κ1) is 22.4. The summed E-state index contributed by atoms with van der Waals surface area (Å²) in [6.45, 7) is 3.55. The van der Waals surface area contributed by atoms with Crippen molar-refractivity contribution in [1.29, 1.82) is 0 Å². The molecule has 1 N–H and O–H groups in total. The molecule has 1 aliphatic heterocycles. The van der Waals surface area contributed by atoms with Crippen molar-refractivity contribution >= 4 is 17.5 Å². The molecule has 7 heteroatoms. The number of carbonyl (C=O) groups excluding carboxylic acids is 1. The summed E-state index contributed by atoms with van der Waals surface area (Å²) in [6, 6.07) is 15.3. The highest BCUT2D eigenvalue weighted by Gasteiger charge is 2.17. The molecule has 6 nitrogen and oxygen atoms in total. The summed E-state index contributed by atoms with van der Waals surface area (Å²) in [4.78, 5) is 14.4. The molecular weight excluding hydrogens is 404 g/mol. The number of amides is 1. The van der Waals surface area contributed by atoms with Gasteiger partial charge in [0, 0.05) is 37.4 Å². The first-order valence-corrected chi connectivity index (χ1v) is 10.6. The summed E-state index contributed by atoms with van der Waals surface area (Å²) in [7, 11) is 2.14. The third-order valence-corrected chi connectivity index (χ3v) is 5.35. The van der Waals surface area contributed by atoms with Crippen LogP contribution in [0.2, 0.25) is 5.02 Å². The van der Waals surface area contributed by atoms with E-state index in [0.717, 1.165) is 43.9 Å². The fraction of sp³-hybridized carbons (Fsp3) is 0.435. The lowest BCUT2D eigenvalue weighted by atomic mass is 10.1. The molecule has 2 aromatic rings. The molecule has 0 bridgehead atoms. The fourth-order valence-electron chi connectivity index (χ4n) is 3.29. The zero-order chi connectivity index (χ0) is 21.2. The number of likely N-dealkylation sites (N-methyl/N-ethyl adjacent to an activating group) is 1. The Morgan fingerprint density at radius 3 is 2.67 bits per heavy atom. The van der Waals surface area contributed by atoms with Crippen LogP contribution in [0.5, 0.6) is 11.5 Å². The maximum Gasteiger partial charge on any atom is 0.258 e. The molecule has 162 valence electrons. The van der Waals surface area contributed by atoms with Gasteiger partial charge in [0.05, 0.1) is 0 Å². The minimum absolute atomic E-state index is 0.0453. The van der Waals surface area contributed by atoms with E-state index in [-0.39, 0.29) is 12.5 Å². The largest absolute Gasteiger partial charge is 0.492 e. The van der Waals surface area contributed by atoms with Gasteiger partial charge in [-0.15, -0.1) is 0 Å². The summed E-state index contributed by atoms with van der Waals surface area (Å²) < 4.78 is 16.8. The van der Waals surface area contributed by atoms with Crippen molar-refractivity contribution in [2.45, 2.75) is 25.4 Å². The Morgan fingerprint density at radius 1 is 1.13 bits per heavy atom. The van der Waals surface area contributed by atoms with Gasteiger partial charge in [-0.2, -0.15) is 0 Å². The molecular formula is C23H29ClN2O4. The molecule has 0 atom stereocenters. The van der Waals surface area contributed by atoms with Gasteiger partial charge in [-0.3, -0.25) is 9.69 Å². The van der Waals surface area contributed by atoms with Crippen molar-refractivity contribution in [3.05, 3.63) is 59.1 Å². The van der Waals surface area contributed by atoms with Crippen LogP contribution in [-0.2, 0) is 16.1 Å². The third-order valence-electron chi connectivity index (χ3n) is 5.10. The molecule has 1 fully saturated rings. The number of benzene rings is 2. The molecule has 0 saturated carbocycles. The fourth-order valence-corrected chi connectivity index (χ4v) is 3.42. The number of halogens is 1. The van der Waals surface area contributed by atoms with E-state index in [9.17, 15) is 4.79 Å². The number of nitrogens with one attached hydrogen (secondary N) is 1. The van der Waals surface area contributed by atoms with Gasteiger partial charge in [-0.1, -0.05) is 23.7 Å². The van der Waals surface area contributed by atoms with Gasteiger partial charge < -0.3 is 19.5 Å². The second kappa shape index (κ2) is 11.8. The zero-order valence-corrected chi connectivity index (χ0v) is 18.1. The molecule has 2 aromatic carbocycles. The van der Waals surface area contributed by atoms with Gasteiger partial charge in [0.2, 0.25) is 0 Å². The predicted octanol–water partition coefficient (Wildman–Crippen LogP) is 3.52. The van der Waals surface area contributed by atoms with Crippen molar-refractivity contribution < 1.29 is 19.0 Å². The Balaban J connectivity index is 1.37. The molecule has 0 unspecified atom stereocenters. The zero-order valence-electron chi connectivity index (χ0n) is 17.3. The summed E-state index contributed by atoms with van der Waals surface area (Å²) in [5.41, 5.74) is 0.977. The number of nitrogens with zero attached hydrogens (tertiary/aromatic N) is 1. The Labute approximate surface area is 183 Å². The van der Waals surface area contributed by atoms with Gasteiger partial charge in [0.15, 0.2) is 6.61 Å². The van der Waals surface area contributed by atoms with E-state index in [4.69, 9.17) is 25.8 Å². The van der Waals surface area contributed by atoms with E-state index < -0.39 is 0 Å². The Morgan fingerprint density at radius 2 is 1.90 bits per heavy atom. The standard InChI is InChI=1S/C23H29ClN2O4/c1-26(20-9-12-28-13-10-20)11-14-29-22-4-2-3-18(15-22)16-25-23(27)17-30-21-7-5-19(24)6-8-21/h2-8,15,20H,9-14,16-17H2,1H3,(H,25,27).